The molecule has 0 saturated carbocycles. The van der Waals surface area contributed by atoms with Crippen LogP contribution in [0.25, 0.3) is 0 Å². The molecule has 0 aromatic rings. The van der Waals surface area contributed by atoms with Gasteiger partial charge in [-0.05, 0) is 0 Å². The lowest BCUT2D eigenvalue weighted by molar-refractivity contribution is 0.271. The number of hydrogen-bond acceptors (Lipinski definition) is 3. The van der Waals surface area contributed by atoms with Crippen molar-refractivity contribution in [3.05, 3.63) is 0 Å². The van der Waals surface area contributed by atoms with Crippen molar-refractivity contribution >= 4 is 5.84 Å². The van der Waals surface area contributed by atoms with Gasteiger partial charge in [-0.3, -0.25) is 10.3 Å². The Bertz CT molecular complexity index is 117. The molecule has 0 aromatic heterocycles. The van der Waals surface area contributed by atoms with Gasteiger partial charge in [0.25, 0.3) is 0 Å². The van der Waals surface area contributed by atoms with E-state index in [4.69, 9.17) is 11.1 Å². The fraction of sp³-hybridized carbons (Fsp3) is 0.833. The second-order valence-electron chi connectivity index (χ2n) is 2.55. The maximum absolute atomic E-state index is 7.05. The van der Waals surface area contributed by atoms with Crippen LogP contribution in [0.1, 0.15) is 0 Å². The summed E-state index contributed by atoms with van der Waals surface area (Å²) in [5.74, 6) is 0.266. The topological polar surface area (TPSA) is 65.1 Å². The average molecular weight is 142 g/mol. The van der Waals surface area contributed by atoms with E-state index in [0.29, 0.717) is 6.54 Å². The lowest BCUT2D eigenvalue weighted by atomic mass is 10.3. The zero-order chi connectivity index (χ0) is 7.40. The van der Waals surface area contributed by atoms with E-state index >= 15 is 0 Å². The highest BCUT2D eigenvalue weighted by Crippen LogP contribution is 1.89. The summed E-state index contributed by atoms with van der Waals surface area (Å²) in [4.78, 5) is 2.18. The van der Waals surface area contributed by atoms with Gasteiger partial charge in [-0.2, -0.15) is 0 Å². The third-order valence-corrected chi connectivity index (χ3v) is 1.60. The Hall–Kier alpha value is -0.610. The highest BCUT2D eigenvalue weighted by Gasteiger charge is 2.08. The van der Waals surface area contributed by atoms with Gasteiger partial charge in [0.15, 0.2) is 0 Å². The number of nitrogens with two attached hydrogens (primary N) is 1. The van der Waals surface area contributed by atoms with Crippen molar-refractivity contribution in [2.24, 2.45) is 5.73 Å². The highest BCUT2D eigenvalue weighted by atomic mass is 15.2. The molecule has 0 amide bonds. The van der Waals surface area contributed by atoms with Crippen LogP contribution in [0.2, 0.25) is 0 Å². The fourth-order valence-corrected chi connectivity index (χ4v) is 1.11. The predicted octanol–water partition coefficient (Wildman–Crippen LogP) is -1.17. The number of amidine groups is 1. The van der Waals surface area contributed by atoms with E-state index in [1.165, 1.54) is 0 Å². The minimum absolute atomic E-state index is 0.266. The number of hydrogen-bond donors (Lipinski definition) is 3. The van der Waals surface area contributed by atoms with E-state index in [-0.39, 0.29) is 5.84 Å². The first kappa shape index (κ1) is 7.50. The number of rotatable bonds is 2. The Kier molecular flexibility index (Phi) is 2.65. The summed E-state index contributed by atoms with van der Waals surface area (Å²) < 4.78 is 0. The van der Waals surface area contributed by atoms with E-state index < -0.39 is 0 Å². The minimum Gasteiger partial charge on any atom is -0.387 e. The molecule has 0 aromatic carbocycles. The van der Waals surface area contributed by atoms with Crippen LogP contribution in [-0.4, -0.2) is 43.5 Å². The van der Waals surface area contributed by atoms with Crippen molar-refractivity contribution in [2.75, 3.05) is 32.7 Å². The molecular formula is C6H14N4. The molecule has 1 heterocycles. The molecule has 1 rings (SSSR count). The van der Waals surface area contributed by atoms with E-state index in [2.05, 4.69) is 10.2 Å². The predicted molar refractivity (Wildman–Crippen MR) is 41.2 cm³/mol. The van der Waals surface area contributed by atoms with Crippen LogP contribution >= 0.6 is 0 Å². The third-order valence-electron chi connectivity index (χ3n) is 1.60. The van der Waals surface area contributed by atoms with Crippen molar-refractivity contribution in [3.8, 4) is 0 Å². The molecule has 0 spiro atoms. The van der Waals surface area contributed by atoms with Crippen LogP contribution in [0, 0.1) is 5.41 Å². The summed E-state index contributed by atoms with van der Waals surface area (Å²) in [6.45, 7) is 4.70. The molecule has 1 saturated heterocycles. The molecule has 0 aliphatic carbocycles. The number of piperazine rings is 1. The SMILES string of the molecule is N=C(N)CN1CCNCC1. The summed E-state index contributed by atoms with van der Waals surface area (Å²) in [5.41, 5.74) is 5.24. The van der Waals surface area contributed by atoms with E-state index in [9.17, 15) is 0 Å². The van der Waals surface area contributed by atoms with Crippen molar-refractivity contribution in [3.63, 3.8) is 0 Å². The van der Waals surface area contributed by atoms with Gasteiger partial charge < -0.3 is 11.1 Å². The summed E-state index contributed by atoms with van der Waals surface area (Å²) >= 11 is 0. The summed E-state index contributed by atoms with van der Waals surface area (Å²) in [5, 5.41) is 10.3. The van der Waals surface area contributed by atoms with Gasteiger partial charge in [-0.1, -0.05) is 0 Å². The molecule has 58 valence electrons. The first-order valence-corrected chi connectivity index (χ1v) is 3.55. The molecule has 1 aliphatic rings. The quantitative estimate of drug-likeness (QED) is 0.336. The summed E-state index contributed by atoms with van der Waals surface area (Å²) in [6.07, 6.45) is 0. The number of nitrogens with zero attached hydrogens (tertiary/aromatic N) is 1. The van der Waals surface area contributed by atoms with Gasteiger partial charge in [0.2, 0.25) is 0 Å². The maximum Gasteiger partial charge on any atom is 0.105 e. The Balaban J connectivity index is 2.19. The van der Waals surface area contributed by atoms with E-state index in [1.54, 1.807) is 0 Å². The first-order chi connectivity index (χ1) is 4.79. The summed E-state index contributed by atoms with van der Waals surface area (Å²) in [6, 6.07) is 0. The Morgan fingerprint density at radius 2 is 2.10 bits per heavy atom. The monoisotopic (exact) mass is 142 g/mol. The van der Waals surface area contributed by atoms with Gasteiger partial charge in [0.1, 0.15) is 5.84 Å². The first-order valence-electron chi connectivity index (χ1n) is 3.55. The smallest absolute Gasteiger partial charge is 0.105 e. The summed E-state index contributed by atoms with van der Waals surface area (Å²) in [7, 11) is 0. The molecule has 0 radical (unpaired) electrons. The fourth-order valence-electron chi connectivity index (χ4n) is 1.11. The van der Waals surface area contributed by atoms with E-state index in [0.717, 1.165) is 26.2 Å². The minimum atomic E-state index is 0.266. The second kappa shape index (κ2) is 3.53. The lowest BCUT2D eigenvalue weighted by Crippen LogP contribution is -2.46. The second-order valence-corrected chi connectivity index (χ2v) is 2.55. The van der Waals surface area contributed by atoms with Gasteiger partial charge in [0.05, 0.1) is 6.54 Å². The van der Waals surface area contributed by atoms with Gasteiger partial charge in [0, 0.05) is 26.2 Å². The standard InChI is InChI=1S/C6H14N4/c7-6(8)5-10-3-1-9-2-4-10/h9H,1-5H2,(H3,7,8). The van der Waals surface area contributed by atoms with Gasteiger partial charge in [-0.15, -0.1) is 0 Å². The van der Waals surface area contributed by atoms with Crippen LogP contribution in [0.4, 0.5) is 0 Å². The van der Waals surface area contributed by atoms with Crippen LogP contribution in [0.3, 0.4) is 0 Å². The third kappa shape index (κ3) is 2.33. The van der Waals surface area contributed by atoms with Crippen molar-refractivity contribution in [2.45, 2.75) is 0 Å². The van der Waals surface area contributed by atoms with Crippen molar-refractivity contribution in [1.29, 1.82) is 5.41 Å². The molecule has 4 nitrogen and oxygen atoms in total. The molecule has 1 aliphatic heterocycles. The molecular weight excluding hydrogens is 128 g/mol. The van der Waals surface area contributed by atoms with Crippen LogP contribution in [0.5, 0.6) is 0 Å². The Labute approximate surface area is 60.9 Å². The molecule has 0 bridgehead atoms. The molecule has 10 heavy (non-hydrogen) atoms. The maximum atomic E-state index is 7.05. The molecule has 1 fully saturated rings. The normalized spacial score (nSPS) is 20.8. The van der Waals surface area contributed by atoms with Crippen LogP contribution in [0.15, 0.2) is 0 Å². The molecule has 4 N–H and O–H groups in total. The molecule has 0 unspecified atom stereocenters. The number of nitrogens with one attached hydrogen (secondary N) is 2. The highest BCUT2D eigenvalue weighted by molar-refractivity contribution is 5.78. The lowest BCUT2D eigenvalue weighted by Gasteiger charge is -2.26. The van der Waals surface area contributed by atoms with Crippen LogP contribution in [-0.2, 0) is 0 Å². The average Bonchev–Trinajstić information content (AvgIpc) is 1.88. The Morgan fingerprint density at radius 1 is 1.50 bits per heavy atom. The molecule has 4 heteroatoms. The molecule has 0 atom stereocenters. The van der Waals surface area contributed by atoms with Crippen molar-refractivity contribution in [1.82, 2.24) is 10.2 Å². The Morgan fingerprint density at radius 3 is 2.60 bits per heavy atom. The van der Waals surface area contributed by atoms with Gasteiger partial charge >= 0.3 is 0 Å². The zero-order valence-corrected chi connectivity index (χ0v) is 6.06. The largest absolute Gasteiger partial charge is 0.387 e. The van der Waals surface area contributed by atoms with Crippen molar-refractivity contribution < 1.29 is 0 Å². The van der Waals surface area contributed by atoms with Crippen LogP contribution < -0.4 is 11.1 Å². The van der Waals surface area contributed by atoms with E-state index in [1.807, 2.05) is 0 Å². The van der Waals surface area contributed by atoms with Gasteiger partial charge in [-0.25, -0.2) is 0 Å². The zero-order valence-electron chi connectivity index (χ0n) is 6.06.